The third-order valence-electron chi connectivity index (χ3n) is 2.34. The lowest BCUT2D eigenvalue weighted by molar-refractivity contribution is -0.384. The van der Waals surface area contributed by atoms with Crippen molar-refractivity contribution in [1.29, 1.82) is 0 Å². The largest absolute Gasteiger partial charge is 0.435 e. The van der Waals surface area contributed by atoms with Crippen LogP contribution in [0.4, 0.5) is 30.2 Å². The average molecular weight is 301 g/mol. The van der Waals surface area contributed by atoms with E-state index in [1.165, 1.54) is 18.2 Å². The molecule has 0 saturated carbocycles. The van der Waals surface area contributed by atoms with Crippen molar-refractivity contribution in [3.05, 3.63) is 50.4 Å². The molecule has 1 heterocycles. The molecular weight excluding hydrogens is 295 g/mol. The summed E-state index contributed by atoms with van der Waals surface area (Å²) >= 11 is 0. The second-order valence-electron chi connectivity index (χ2n) is 3.78. The molecule has 2 aromatic rings. The van der Waals surface area contributed by atoms with Crippen LogP contribution in [0.1, 0.15) is 5.69 Å². The topological polar surface area (TPSA) is 117 Å². The molecule has 11 heteroatoms. The molecule has 0 aliphatic heterocycles. The van der Waals surface area contributed by atoms with Gasteiger partial charge in [-0.15, -0.1) is 5.11 Å². The highest BCUT2D eigenvalue weighted by Gasteiger charge is 2.37. The molecule has 0 unspecified atom stereocenters. The molecule has 0 spiro atoms. The molecule has 2 rings (SSSR count). The van der Waals surface area contributed by atoms with Gasteiger partial charge in [-0.25, -0.2) is 0 Å². The lowest BCUT2D eigenvalue weighted by Gasteiger charge is -2.02. The number of nitro benzene ring substituents is 1. The molecule has 0 aliphatic carbocycles. The van der Waals surface area contributed by atoms with Gasteiger partial charge in [0.25, 0.3) is 11.2 Å². The number of H-pyrrole nitrogens is 2. The van der Waals surface area contributed by atoms with E-state index in [-0.39, 0.29) is 11.4 Å². The fourth-order valence-corrected chi connectivity index (χ4v) is 1.43. The SMILES string of the molecule is O=c1[nH][nH]c(C(F)(F)F)c1N=Nc1cccc([N+](=O)[O-])c1. The number of aromatic nitrogens is 2. The molecule has 1 aromatic heterocycles. The Hall–Kier alpha value is -2.98. The number of halogens is 3. The van der Waals surface area contributed by atoms with Crippen LogP contribution in [0.15, 0.2) is 39.3 Å². The van der Waals surface area contributed by atoms with Crippen molar-refractivity contribution in [3.8, 4) is 0 Å². The maximum atomic E-state index is 12.6. The first-order valence-electron chi connectivity index (χ1n) is 5.33. The molecule has 21 heavy (non-hydrogen) atoms. The lowest BCUT2D eigenvalue weighted by Crippen LogP contribution is -2.06. The number of rotatable bonds is 3. The normalized spacial score (nSPS) is 12.0. The molecule has 0 atom stereocenters. The van der Waals surface area contributed by atoms with Gasteiger partial charge in [-0.3, -0.25) is 25.1 Å². The minimum absolute atomic E-state index is 0.0575. The van der Waals surface area contributed by atoms with E-state index in [1.807, 2.05) is 0 Å². The molecule has 0 aliphatic rings. The van der Waals surface area contributed by atoms with Crippen LogP contribution in [0.25, 0.3) is 0 Å². The van der Waals surface area contributed by atoms with E-state index in [9.17, 15) is 28.1 Å². The minimum atomic E-state index is -4.81. The Kier molecular flexibility index (Phi) is 3.56. The van der Waals surface area contributed by atoms with Crippen LogP contribution in [-0.4, -0.2) is 15.1 Å². The number of non-ortho nitro benzene ring substituents is 1. The maximum absolute atomic E-state index is 12.6. The monoisotopic (exact) mass is 301 g/mol. The zero-order chi connectivity index (χ0) is 15.6. The molecule has 110 valence electrons. The lowest BCUT2D eigenvalue weighted by atomic mass is 10.3. The Morgan fingerprint density at radius 3 is 2.52 bits per heavy atom. The second kappa shape index (κ2) is 5.19. The van der Waals surface area contributed by atoms with Crippen molar-refractivity contribution in [2.45, 2.75) is 6.18 Å². The summed E-state index contributed by atoms with van der Waals surface area (Å²) < 4.78 is 37.7. The fraction of sp³-hybridized carbons (Fsp3) is 0.100. The van der Waals surface area contributed by atoms with E-state index in [0.717, 1.165) is 6.07 Å². The van der Waals surface area contributed by atoms with Crippen LogP contribution in [-0.2, 0) is 6.18 Å². The summed E-state index contributed by atoms with van der Waals surface area (Å²) in [6.07, 6.45) is -4.81. The molecule has 0 saturated heterocycles. The molecule has 2 N–H and O–H groups in total. The summed E-state index contributed by atoms with van der Waals surface area (Å²) in [5.41, 5.74) is -3.78. The van der Waals surface area contributed by atoms with Crippen LogP contribution in [0.2, 0.25) is 0 Å². The van der Waals surface area contributed by atoms with Crippen LogP contribution in [0.3, 0.4) is 0 Å². The third-order valence-corrected chi connectivity index (χ3v) is 2.34. The van der Waals surface area contributed by atoms with Gasteiger partial charge in [-0.05, 0) is 6.07 Å². The first-order chi connectivity index (χ1) is 9.79. The smallest absolute Gasteiger partial charge is 0.292 e. The number of nitrogens with zero attached hydrogens (tertiary/aromatic N) is 3. The summed E-state index contributed by atoms with van der Waals surface area (Å²) in [6, 6.07) is 4.78. The number of nitrogens with one attached hydrogen (secondary N) is 2. The van der Waals surface area contributed by atoms with Crippen LogP contribution < -0.4 is 5.56 Å². The highest BCUT2D eigenvalue weighted by molar-refractivity contribution is 5.47. The Morgan fingerprint density at radius 2 is 1.90 bits per heavy atom. The summed E-state index contributed by atoms with van der Waals surface area (Å²) in [4.78, 5) is 21.1. The highest BCUT2D eigenvalue weighted by atomic mass is 19.4. The predicted octanol–water partition coefficient (Wildman–Crippen LogP) is 3.05. The molecular formula is C10H6F3N5O3. The van der Waals surface area contributed by atoms with Gasteiger partial charge in [0, 0.05) is 12.1 Å². The highest BCUT2D eigenvalue weighted by Crippen LogP contribution is 2.33. The first-order valence-corrected chi connectivity index (χ1v) is 5.33. The first kappa shape index (κ1) is 14.4. The van der Waals surface area contributed by atoms with Crippen molar-refractivity contribution in [2.75, 3.05) is 0 Å². The van der Waals surface area contributed by atoms with E-state index >= 15 is 0 Å². The van der Waals surface area contributed by atoms with Crippen LogP contribution in [0.5, 0.6) is 0 Å². The van der Waals surface area contributed by atoms with E-state index < -0.39 is 28.0 Å². The molecule has 1 aromatic carbocycles. The van der Waals surface area contributed by atoms with E-state index in [2.05, 4.69) is 10.2 Å². The fourth-order valence-electron chi connectivity index (χ4n) is 1.43. The maximum Gasteiger partial charge on any atom is 0.435 e. The zero-order valence-electron chi connectivity index (χ0n) is 10.0. The van der Waals surface area contributed by atoms with Crippen LogP contribution >= 0.6 is 0 Å². The predicted molar refractivity (Wildman–Crippen MR) is 63.7 cm³/mol. The number of aromatic amines is 2. The average Bonchev–Trinajstić information content (AvgIpc) is 2.78. The van der Waals surface area contributed by atoms with Crippen LogP contribution in [0, 0.1) is 10.1 Å². The van der Waals surface area contributed by atoms with Crippen molar-refractivity contribution < 1.29 is 18.1 Å². The minimum Gasteiger partial charge on any atom is -0.292 e. The number of benzene rings is 1. The Balaban J connectivity index is 2.39. The van der Waals surface area contributed by atoms with Gasteiger partial charge in [-0.1, -0.05) is 6.07 Å². The molecule has 0 amide bonds. The van der Waals surface area contributed by atoms with Gasteiger partial charge in [-0.2, -0.15) is 18.3 Å². The number of hydrogen-bond acceptors (Lipinski definition) is 5. The van der Waals surface area contributed by atoms with E-state index in [1.54, 1.807) is 10.2 Å². The van der Waals surface area contributed by atoms with Gasteiger partial charge in [0.2, 0.25) is 0 Å². The quantitative estimate of drug-likeness (QED) is 0.515. The van der Waals surface area contributed by atoms with Gasteiger partial charge in [0.05, 0.1) is 10.6 Å². The third kappa shape index (κ3) is 3.13. The van der Waals surface area contributed by atoms with E-state index in [0.29, 0.717) is 0 Å². The Labute approximate surface area is 113 Å². The molecule has 0 radical (unpaired) electrons. The molecule has 0 fully saturated rings. The summed E-state index contributed by atoms with van der Waals surface area (Å²) in [5, 5.41) is 20.6. The van der Waals surface area contributed by atoms with Crippen molar-refractivity contribution in [1.82, 2.24) is 10.2 Å². The van der Waals surface area contributed by atoms with Crippen molar-refractivity contribution in [3.63, 3.8) is 0 Å². The van der Waals surface area contributed by atoms with Gasteiger partial charge < -0.3 is 0 Å². The summed E-state index contributed by atoms with van der Waals surface area (Å²) in [5.74, 6) is 0. The van der Waals surface area contributed by atoms with Crippen molar-refractivity contribution >= 4 is 17.1 Å². The number of nitro groups is 1. The van der Waals surface area contributed by atoms with Gasteiger partial charge >= 0.3 is 6.18 Å². The Morgan fingerprint density at radius 1 is 1.19 bits per heavy atom. The van der Waals surface area contributed by atoms with E-state index in [4.69, 9.17) is 0 Å². The number of azo groups is 1. The van der Waals surface area contributed by atoms with Gasteiger partial charge in [0.1, 0.15) is 0 Å². The standard InChI is InChI=1S/C10H6F3N5O3/c11-10(12,13)8-7(9(19)17-16-8)15-14-5-2-1-3-6(4-5)18(20)21/h1-4H,(H2,16,17,19). The summed E-state index contributed by atoms with van der Waals surface area (Å²) in [7, 11) is 0. The molecule has 0 bridgehead atoms. The van der Waals surface area contributed by atoms with Gasteiger partial charge in [0.15, 0.2) is 11.4 Å². The van der Waals surface area contributed by atoms with Crippen molar-refractivity contribution in [2.24, 2.45) is 10.2 Å². The zero-order valence-corrected chi connectivity index (χ0v) is 10.0. The Bertz CT molecular complexity index is 762. The molecule has 8 nitrogen and oxygen atoms in total. The number of alkyl halides is 3. The number of hydrogen-bond donors (Lipinski definition) is 2. The summed E-state index contributed by atoms with van der Waals surface area (Å²) in [6.45, 7) is 0. The second-order valence-corrected chi connectivity index (χ2v) is 3.78.